The number of aromatic hydroxyl groups is 1. The summed E-state index contributed by atoms with van der Waals surface area (Å²) in [4.78, 5) is 0. The van der Waals surface area contributed by atoms with E-state index >= 15 is 0 Å². The predicted molar refractivity (Wildman–Crippen MR) is 80.7 cm³/mol. The first-order chi connectivity index (χ1) is 10.7. The van der Waals surface area contributed by atoms with E-state index < -0.39 is 0 Å². The fraction of sp³-hybridized carbons (Fsp3) is 0.118. The highest BCUT2D eigenvalue weighted by Gasteiger charge is 2.14. The number of phenolic OH excluding ortho intramolecular Hbond substituents is 1. The van der Waals surface area contributed by atoms with Gasteiger partial charge in [-0.3, -0.25) is 0 Å². The van der Waals surface area contributed by atoms with Crippen molar-refractivity contribution < 1.29 is 19.3 Å². The number of ether oxygens (including phenoxy) is 3. The van der Waals surface area contributed by atoms with Crippen LogP contribution in [-0.4, -0.2) is 19.0 Å². The summed E-state index contributed by atoms with van der Waals surface area (Å²) < 4.78 is 15.7. The van der Waals surface area contributed by atoms with Crippen molar-refractivity contribution in [2.75, 3.05) is 13.9 Å². The van der Waals surface area contributed by atoms with Crippen molar-refractivity contribution in [1.29, 1.82) is 5.26 Å². The molecule has 0 saturated carbocycles. The lowest BCUT2D eigenvalue weighted by atomic mass is 10.0. The third kappa shape index (κ3) is 2.54. The Labute approximate surface area is 127 Å². The lowest BCUT2D eigenvalue weighted by molar-refractivity contribution is 0.174. The Morgan fingerprint density at radius 3 is 2.82 bits per heavy atom. The molecular formula is C17H13NO4. The molecular weight excluding hydrogens is 282 g/mol. The maximum absolute atomic E-state index is 9.61. The second kappa shape index (κ2) is 5.70. The molecule has 0 bridgehead atoms. The van der Waals surface area contributed by atoms with E-state index in [1.807, 2.05) is 0 Å². The van der Waals surface area contributed by atoms with Gasteiger partial charge in [0.1, 0.15) is 0 Å². The second-order valence-electron chi connectivity index (χ2n) is 4.67. The highest BCUT2D eigenvalue weighted by molar-refractivity contribution is 5.90. The van der Waals surface area contributed by atoms with Crippen molar-refractivity contribution in [2.24, 2.45) is 0 Å². The van der Waals surface area contributed by atoms with E-state index in [1.165, 1.54) is 13.2 Å². The molecule has 5 heteroatoms. The van der Waals surface area contributed by atoms with Gasteiger partial charge in [-0.05, 0) is 47.5 Å². The molecule has 1 N–H and O–H groups in total. The van der Waals surface area contributed by atoms with Crippen LogP contribution in [0, 0.1) is 11.3 Å². The minimum Gasteiger partial charge on any atom is -0.504 e. The van der Waals surface area contributed by atoms with Crippen molar-refractivity contribution in [3.8, 4) is 29.1 Å². The van der Waals surface area contributed by atoms with E-state index in [-0.39, 0.29) is 12.5 Å². The Kier molecular flexibility index (Phi) is 3.58. The number of hydrogen-bond acceptors (Lipinski definition) is 5. The molecule has 110 valence electrons. The summed E-state index contributed by atoms with van der Waals surface area (Å²) >= 11 is 0. The fourth-order valence-corrected chi connectivity index (χ4v) is 2.19. The summed E-state index contributed by atoms with van der Waals surface area (Å²) in [5.74, 6) is 1.72. The Hall–Kier alpha value is -3.13. The molecule has 1 aliphatic rings. The first-order valence-corrected chi connectivity index (χ1v) is 6.60. The molecule has 0 amide bonds. The van der Waals surface area contributed by atoms with Crippen molar-refractivity contribution in [1.82, 2.24) is 0 Å². The summed E-state index contributed by atoms with van der Waals surface area (Å²) in [6, 6.07) is 12.4. The van der Waals surface area contributed by atoms with Gasteiger partial charge in [0.2, 0.25) is 6.79 Å². The van der Waals surface area contributed by atoms with Crippen molar-refractivity contribution in [2.45, 2.75) is 0 Å². The van der Waals surface area contributed by atoms with Gasteiger partial charge in [-0.2, -0.15) is 5.26 Å². The van der Waals surface area contributed by atoms with Crippen molar-refractivity contribution >= 4 is 11.6 Å². The zero-order valence-corrected chi connectivity index (χ0v) is 11.9. The van der Waals surface area contributed by atoms with Crippen LogP contribution >= 0.6 is 0 Å². The first kappa shape index (κ1) is 13.8. The molecule has 0 saturated heterocycles. The van der Waals surface area contributed by atoms with Crippen LogP contribution in [0.15, 0.2) is 36.4 Å². The fourth-order valence-electron chi connectivity index (χ4n) is 2.19. The van der Waals surface area contributed by atoms with Crippen LogP contribution in [0.1, 0.15) is 11.1 Å². The molecule has 2 aromatic carbocycles. The van der Waals surface area contributed by atoms with E-state index in [9.17, 15) is 10.4 Å². The van der Waals surface area contributed by atoms with E-state index in [2.05, 4.69) is 6.07 Å². The van der Waals surface area contributed by atoms with E-state index in [1.54, 1.807) is 36.4 Å². The third-order valence-electron chi connectivity index (χ3n) is 3.32. The molecule has 0 fully saturated rings. The third-order valence-corrected chi connectivity index (χ3v) is 3.32. The highest BCUT2D eigenvalue weighted by atomic mass is 16.7. The van der Waals surface area contributed by atoms with Gasteiger partial charge in [0.25, 0.3) is 0 Å². The monoisotopic (exact) mass is 295 g/mol. The Bertz CT molecular complexity index is 790. The van der Waals surface area contributed by atoms with Crippen molar-refractivity contribution in [3.05, 3.63) is 47.5 Å². The van der Waals surface area contributed by atoms with Crippen LogP contribution < -0.4 is 14.2 Å². The van der Waals surface area contributed by atoms with Crippen LogP contribution in [0.2, 0.25) is 0 Å². The molecule has 0 atom stereocenters. The maximum atomic E-state index is 9.61. The molecule has 5 nitrogen and oxygen atoms in total. The Morgan fingerprint density at radius 2 is 2.05 bits per heavy atom. The number of benzene rings is 2. The van der Waals surface area contributed by atoms with Gasteiger partial charge in [0.05, 0.1) is 18.8 Å². The number of rotatable bonds is 3. The number of allylic oxidation sites excluding steroid dienone is 1. The van der Waals surface area contributed by atoms with Gasteiger partial charge in [0, 0.05) is 0 Å². The minimum absolute atomic E-state index is 0.0567. The first-order valence-electron chi connectivity index (χ1n) is 6.60. The number of nitrogens with zero attached hydrogens (tertiary/aromatic N) is 1. The molecule has 1 aliphatic heterocycles. The van der Waals surface area contributed by atoms with Gasteiger partial charge in [-0.1, -0.05) is 6.07 Å². The summed E-state index contributed by atoms with van der Waals surface area (Å²) in [6.07, 6.45) is 1.72. The van der Waals surface area contributed by atoms with E-state index in [0.717, 1.165) is 11.1 Å². The Morgan fingerprint density at radius 1 is 1.23 bits per heavy atom. The molecule has 3 rings (SSSR count). The standard InChI is InChI=1S/C17H13NO4/c1-20-16-7-11(2-4-14(16)19)6-13(9-18)12-3-5-15-17(8-12)22-10-21-15/h2-8,19H,10H2,1H3/b13-6-. The lowest BCUT2D eigenvalue weighted by Crippen LogP contribution is -1.92. The van der Waals surface area contributed by atoms with Crippen LogP contribution in [-0.2, 0) is 0 Å². The normalized spacial score (nSPS) is 12.8. The summed E-state index contributed by atoms with van der Waals surface area (Å²) in [5.41, 5.74) is 1.97. The molecule has 2 aromatic rings. The average Bonchev–Trinajstić information content (AvgIpc) is 3.01. The van der Waals surface area contributed by atoms with Gasteiger partial charge < -0.3 is 19.3 Å². The summed E-state index contributed by atoms with van der Waals surface area (Å²) in [6.45, 7) is 0.194. The highest BCUT2D eigenvalue weighted by Crippen LogP contribution is 2.35. The zero-order valence-electron chi connectivity index (χ0n) is 11.9. The largest absolute Gasteiger partial charge is 0.504 e. The average molecular weight is 295 g/mol. The van der Waals surface area contributed by atoms with Crippen LogP contribution in [0.25, 0.3) is 11.6 Å². The second-order valence-corrected chi connectivity index (χ2v) is 4.67. The smallest absolute Gasteiger partial charge is 0.231 e. The van der Waals surface area contributed by atoms with E-state index in [0.29, 0.717) is 22.8 Å². The molecule has 0 unspecified atom stereocenters. The van der Waals surface area contributed by atoms with Crippen LogP contribution in [0.5, 0.6) is 23.0 Å². The topological polar surface area (TPSA) is 71.7 Å². The molecule has 22 heavy (non-hydrogen) atoms. The molecule has 0 spiro atoms. The summed E-state index contributed by atoms with van der Waals surface area (Å²) in [5, 5.41) is 19.0. The maximum Gasteiger partial charge on any atom is 0.231 e. The van der Waals surface area contributed by atoms with Gasteiger partial charge in [-0.25, -0.2) is 0 Å². The predicted octanol–water partition coefficient (Wildman–Crippen LogP) is 3.19. The quantitative estimate of drug-likeness (QED) is 0.695. The van der Waals surface area contributed by atoms with Gasteiger partial charge in [0.15, 0.2) is 23.0 Å². The van der Waals surface area contributed by atoms with Crippen LogP contribution in [0.3, 0.4) is 0 Å². The number of hydrogen-bond donors (Lipinski definition) is 1. The van der Waals surface area contributed by atoms with Gasteiger partial charge >= 0.3 is 0 Å². The van der Waals surface area contributed by atoms with Crippen molar-refractivity contribution in [3.63, 3.8) is 0 Å². The Balaban J connectivity index is 1.99. The number of fused-ring (bicyclic) bond motifs is 1. The van der Waals surface area contributed by atoms with E-state index in [4.69, 9.17) is 14.2 Å². The number of methoxy groups -OCH3 is 1. The number of phenols is 1. The SMILES string of the molecule is COc1cc(/C=C(/C#N)c2ccc3c(c2)OCO3)ccc1O. The summed E-state index contributed by atoms with van der Waals surface area (Å²) in [7, 11) is 1.48. The number of nitriles is 1. The van der Waals surface area contributed by atoms with Gasteiger partial charge in [-0.15, -0.1) is 0 Å². The van der Waals surface area contributed by atoms with Crippen LogP contribution in [0.4, 0.5) is 0 Å². The molecule has 1 heterocycles. The molecule has 0 aromatic heterocycles. The molecule has 0 aliphatic carbocycles. The minimum atomic E-state index is 0.0567. The molecule has 0 radical (unpaired) electrons. The zero-order chi connectivity index (χ0) is 15.5. The lowest BCUT2D eigenvalue weighted by Gasteiger charge is -2.05.